The Hall–Kier alpha value is -0.770. The lowest BCUT2D eigenvalue weighted by Crippen LogP contribution is -2.68. The summed E-state index contributed by atoms with van der Waals surface area (Å²) in [6, 6.07) is 0. The smallest absolute Gasteiger partial charge is 0.0916 e. The van der Waals surface area contributed by atoms with Crippen molar-refractivity contribution in [2.45, 2.75) is 6.92 Å². The lowest BCUT2D eigenvalue weighted by atomic mass is 10.1. The Bertz CT molecular complexity index is 249. The van der Waals surface area contributed by atoms with Crippen molar-refractivity contribution < 1.29 is 4.48 Å². The maximum atomic E-state index is 8.30. The molecule has 5 nitrogen and oxygen atoms in total. The molecule has 3 fully saturated rings. The molecule has 0 saturated carbocycles. The Morgan fingerprint density at radius 2 is 1.93 bits per heavy atom. The highest BCUT2D eigenvalue weighted by atomic mass is 15.5. The van der Waals surface area contributed by atoms with E-state index in [1.54, 1.807) is 0 Å². The zero-order valence-electron chi connectivity index (χ0n) is 9.47. The van der Waals surface area contributed by atoms with Gasteiger partial charge in [0.2, 0.25) is 0 Å². The van der Waals surface area contributed by atoms with Gasteiger partial charge in [0.05, 0.1) is 26.2 Å². The van der Waals surface area contributed by atoms with Crippen LogP contribution in [0.4, 0.5) is 0 Å². The van der Waals surface area contributed by atoms with Gasteiger partial charge in [-0.3, -0.25) is 4.90 Å². The van der Waals surface area contributed by atoms with Gasteiger partial charge in [-0.25, -0.2) is 0 Å². The Labute approximate surface area is 90.9 Å². The summed E-state index contributed by atoms with van der Waals surface area (Å²) in [5.74, 6) is 0.519. The molecule has 15 heavy (non-hydrogen) atoms. The van der Waals surface area contributed by atoms with Gasteiger partial charge in [-0.1, -0.05) is 12.0 Å². The van der Waals surface area contributed by atoms with E-state index >= 15 is 0 Å². The summed E-state index contributed by atoms with van der Waals surface area (Å²) in [4.78, 5) is 5.39. The second-order valence-corrected chi connectivity index (χ2v) is 5.06. The number of quaternary nitrogens is 1. The molecule has 0 aromatic heterocycles. The van der Waals surface area contributed by atoms with Crippen molar-refractivity contribution in [2.24, 2.45) is 11.0 Å². The third kappa shape index (κ3) is 2.43. The molecule has 3 aliphatic rings. The van der Waals surface area contributed by atoms with Crippen LogP contribution in [0.1, 0.15) is 6.92 Å². The first-order valence-corrected chi connectivity index (χ1v) is 5.82. The van der Waals surface area contributed by atoms with Crippen molar-refractivity contribution in [3.8, 4) is 0 Å². The molecule has 84 valence electrons. The van der Waals surface area contributed by atoms with Crippen LogP contribution in [0.2, 0.25) is 0 Å². The zero-order chi connectivity index (χ0) is 10.7. The number of piperazine rings is 3. The summed E-state index contributed by atoms with van der Waals surface area (Å²) in [5.41, 5.74) is 8.30. The summed E-state index contributed by atoms with van der Waals surface area (Å²) < 4.78 is 1.26. The molecule has 0 aromatic carbocycles. The minimum absolute atomic E-state index is 0.519. The standard InChI is InChI=1S/C10H20N5/c1-10(8-12-13-11)9-15-5-2-14(3-6-15)4-7-15/h10H,2-9H2,1H3/q+1/t10-/m0/s1. The highest BCUT2D eigenvalue weighted by Crippen LogP contribution is 2.21. The summed E-state index contributed by atoms with van der Waals surface area (Å²) in [6.07, 6.45) is 0. The third-order valence-corrected chi connectivity index (χ3v) is 3.83. The Balaban J connectivity index is 1.89. The molecule has 0 amide bonds. The maximum Gasteiger partial charge on any atom is 0.0916 e. The molecule has 0 aromatic rings. The van der Waals surface area contributed by atoms with Crippen LogP contribution in [0, 0.1) is 5.92 Å². The number of azide groups is 1. The van der Waals surface area contributed by atoms with Crippen molar-refractivity contribution >= 4 is 0 Å². The predicted octanol–water partition coefficient (Wildman–Crippen LogP) is 1.08. The Morgan fingerprint density at radius 1 is 1.33 bits per heavy atom. The third-order valence-electron chi connectivity index (χ3n) is 3.83. The number of fused-ring (bicyclic) bond motifs is 3. The van der Waals surface area contributed by atoms with Crippen LogP contribution in [0.25, 0.3) is 10.4 Å². The molecule has 0 spiro atoms. The SMILES string of the molecule is C[C@@H](CN=[N+]=[N-])C[N+]12CCN(CC1)CC2. The molecule has 3 aliphatic heterocycles. The fourth-order valence-corrected chi connectivity index (χ4v) is 2.90. The van der Waals surface area contributed by atoms with E-state index in [1.807, 2.05) is 0 Å². The molecule has 1 atom stereocenters. The van der Waals surface area contributed by atoms with Crippen molar-refractivity contribution in [3.63, 3.8) is 0 Å². The lowest BCUT2D eigenvalue weighted by molar-refractivity contribution is -0.943. The van der Waals surface area contributed by atoms with E-state index in [0.29, 0.717) is 12.5 Å². The first-order valence-electron chi connectivity index (χ1n) is 5.82. The van der Waals surface area contributed by atoms with E-state index in [9.17, 15) is 0 Å². The van der Waals surface area contributed by atoms with Crippen LogP contribution in [0.5, 0.6) is 0 Å². The molecule has 0 radical (unpaired) electrons. The molecular formula is C10H20N5+. The fraction of sp³-hybridized carbons (Fsp3) is 1.00. The van der Waals surface area contributed by atoms with Crippen LogP contribution in [-0.4, -0.2) is 61.7 Å². The summed E-state index contributed by atoms with van der Waals surface area (Å²) >= 11 is 0. The van der Waals surface area contributed by atoms with Gasteiger partial charge in [0, 0.05) is 37.0 Å². The number of nitrogens with zero attached hydrogens (tertiary/aromatic N) is 5. The summed E-state index contributed by atoms with van der Waals surface area (Å²) in [5, 5.41) is 3.68. The molecule has 3 saturated heterocycles. The van der Waals surface area contributed by atoms with Gasteiger partial charge in [-0.05, 0) is 5.53 Å². The van der Waals surface area contributed by atoms with E-state index in [4.69, 9.17) is 5.53 Å². The largest absolute Gasteiger partial charge is 0.320 e. The molecule has 0 aliphatic carbocycles. The van der Waals surface area contributed by atoms with Crippen LogP contribution in [0.15, 0.2) is 5.11 Å². The lowest BCUT2D eigenvalue weighted by Gasteiger charge is -2.51. The fourth-order valence-electron chi connectivity index (χ4n) is 2.90. The van der Waals surface area contributed by atoms with Crippen LogP contribution in [-0.2, 0) is 0 Å². The molecular weight excluding hydrogens is 190 g/mol. The Kier molecular flexibility index (Phi) is 3.14. The quantitative estimate of drug-likeness (QED) is 0.296. The van der Waals surface area contributed by atoms with Crippen LogP contribution in [0.3, 0.4) is 0 Å². The average molecular weight is 210 g/mol. The van der Waals surface area contributed by atoms with Gasteiger partial charge in [0.25, 0.3) is 0 Å². The minimum Gasteiger partial charge on any atom is -0.320 e. The van der Waals surface area contributed by atoms with E-state index in [-0.39, 0.29) is 0 Å². The second-order valence-electron chi connectivity index (χ2n) is 5.06. The van der Waals surface area contributed by atoms with Gasteiger partial charge in [0.1, 0.15) is 0 Å². The molecule has 2 bridgehead atoms. The predicted molar refractivity (Wildman–Crippen MR) is 59.3 cm³/mol. The maximum absolute atomic E-state index is 8.30. The number of rotatable bonds is 4. The van der Waals surface area contributed by atoms with Gasteiger partial charge in [-0.15, -0.1) is 0 Å². The van der Waals surface area contributed by atoms with Gasteiger partial charge in [0.15, 0.2) is 0 Å². The van der Waals surface area contributed by atoms with Gasteiger partial charge >= 0.3 is 0 Å². The summed E-state index contributed by atoms with van der Waals surface area (Å²) in [6.45, 7) is 11.7. The van der Waals surface area contributed by atoms with Gasteiger partial charge < -0.3 is 4.48 Å². The van der Waals surface area contributed by atoms with E-state index in [1.165, 1.54) is 50.3 Å². The van der Waals surface area contributed by atoms with Crippen molar-refractivity contribution in [3.05, 3.63) is 10.4 Å². The van der Waals surface area contributed by atoms with Crippen LogP contribution >= 0.6 is 0 Å². The minimum atomic E-state index is 0.519. The van der Waals surface area contributed by atoms with Crippen molar-refractivity contribution in [1.29, 1.82) is 0 Å². The molecule has 0 N–H and O–H groups in total. The highest BCUT2D eigenvalue weighted by Gasteiger charge is 2.38. The first kappa shape index (κ1) is 10.7. The first-order chi connectivity index (χ1) is 7.24. The zero-order valence-corrected chi connectivity index (χ0v) is 9.47. The van der Waals surface area contributed by atoms with Crippen molar-refractivity contribution in [2.75, 3.05) is 52.4 Å². The second kappa shape index (κ2) is 4.39. The normalized spacial score (nSPS) is 35.9. The molecule has 3 rings (SSSR count). The van der Waals surface area contributed by atoms with Gasteiger partial charge in [-0.2, -0.15) is 0 Å². The Morgan fingerprint density at radius 3 is 2.47 bits per heavy atom. The van der Waals surface area contributed by atoms with E-state index < -0.39 is 0 Å². The number of hydrogen-bond acceptors (Lipinski definition) is 2. The van der Waals surface area contributed by atoms with Crippen molar-refractivity contribution in [1.82, 2.24) is 4.90 Å². The average Bonchev–Trinajstić information content (AvgIpc) is 2.28. The van der Waals surface area contributed by atoms with E-state index in [0.717, 1.165) is 0 Å². The molecule has 5 heteroatoms. The highest BCUT2D eigenvalue weighted by molar-refractivity contribution is 4.72. The number of hydrogen-bond donors (Lipinski definition) is 0. The topological polar surface area (TPSA) is 52.0 Å². The molecule has 0 unspecified atom stereocenters. The summed E-state index contributed by atoms with van der Waals surface area (Å²) in [7, 11) is 0. The monoisotopic (exact) mass is 210 g/mol. The van der Waals surface area contributed by atoms with E-state index in [2.05, 4.69) is 21.8 Å². The molecule has 3 heterocycles. The van der Waals surface area contributed by atoms with Crippen LogP contribution < -0.4 is 0 Å².